The van der Waals surface area contributed by atoms with Crippen molar-refractivity contribution < 1.29 is 0 Å². The van der Waals surface area contributed by atoms with Crippen molar-refractivity contribution in [3.63, 3.8) is 0 Å². The molecule has 1 aromatic carbocycles. The summed E-state index contributed by atoms with van der Waals surface area (Å²) >= 11 is 7.43. The highest BCUT2D eigenvalue weighted by atomic mass is 35.5. The van der Waals surface area contributed by atoms with Crippen molar-refractivity contribution in [1.82, 2.24) is 4.98 Å². The first kappa shape index (κ1) is 11.6. The Kier molecular flexibility index (Phi) is 3.31. The number of aryl methyl sites for hydroxylation is 1. The lowest BCUT2D eigenvalue weighted by molar-refractivity contribution is 0.867. The number of aromatic nitrogens is 1. The molecule has 1 heterocycles. The van der Waals surface area contributed by atoms with Crippen LogP contribution in [0.5, 0.6) is 0 Å². The lowest BCUT2D eigenvalue weighted by Crippen LogP contribution is -1.87. The molecule has 0 aliphatic heterocycles. The van der Waals surface area contributed by atoms with Crippen LogP contribution in [-0.2, 0) is 0 Å². The van der Waals surface area contributed by atoms with Gasteiger partial charge in [-0.3, -0.25) is 0 Å². The minimum absolute atomic E-state index is 0.564. The fourth-order valence-electron chi connectivity index (χ4n) is 1.66. The number of halogens is 1. The number of rotatable bonds is 2. The molecule has 0 atom stereocenters. The maximum Gasteiger partial charge on any atom is 0.184 e. The fraction of sp³-hybridized carbons (Fsp3) is 0.308. The molecule has 0 amide bonds. The van der Waals surface area contributed by atoms with Gasteiger partial charge in [-0.25, -0.2) is 4.98 Å². The summed E-state index contributed by atoms with van der Waals surface area (Å²) in [5.74, 6) is 0.564. The molecular formula is C13H14ClNS. The van der Waals surface area contributed by atoms with Gasteiger partial charge in [-0.2, -0.15) is 0 Å². The van der Waals surface area contributed by atoms with Crippen molar-refractivity contribution in [2.75, 3.05) is 0 Å². The summed E-state index contributed by atoms with van der Waals surface area (Å²) in [5, 5.41) is 0. The Morgan fingerprint density at radius 3 is 2.25 bits per heavy atom. The Morgan fingerprint density at radius 2 is 1.81 bits per heavy atom. The highest BCUT2D eigenvalue weighted by Gasteiger charge is 2.08. The van der Waals surface area contributed by atoms with Crippen LogP contribution in [0.15, 0.2) is 24.3 Å². The van der Waals surface area contributed by atoms with Crippen LogP contribution in [0.4, 0.5) is 0 Å². The zero-order chi connectivity index (χ0) is 11.7. The van der Waals surface area contributed by atoms with Crippen LogP contribution in [0.2, 0.25) is 4.47 Å². The van der Waals surface area contributed by atoms with Crippen molar-refractivity contribution in [1.29, 1.82) is 0 Å². The Balaban J connectivity index is 2.38. The molecule has 2 rings (SSSR count). The molecule has 1 nitrogen and oxygen atoms in total. The maximum atomic E-state index is 5.90. The predicted octanol–water partition coefficient (Wildman–Crippen LogP) is 4.90. The zero-order valence-corrected chi connectivity index (χ0v) is 11.2. The normalized spacial score (nSPS) is 11.1. The molecule has 0 saturated carbocycles. The molecule has 0 unspecified atom stereocenters. The summed E-state index contributed by atoms with van der Waals surface area (Å²) < 4.78 is 0.612. The van der Waals surface area contributed by atoms with Gasteiger partial charge in [0.25, 0.3) is 0 Å². The number of hydrogen-bond acceptors (Lipinski definition) is 2. The average Bonchev–Trinajstić information content (AvgIpc) is 2.58. The van der Waals surface area contributed by atoms with Gasteiger partial charge in [-0.05, 0) is 18.4 Å². The van der Waals surface area contributed by atoms with Crippen LogP contribution >= 0.6 is 22.9 Å². The summed E-state index contributed by atoms with van der Waals surface area (Å²) in [5.41, 5.74) is 3.50. The van der Waals surface area contributed by atoms with E-state index in [-0.39, 0.29) is 0 Å². The Labute approximate surface area is 105 Å². The molecule has 0 saturated heterocycles. The molecule has 0 aliphatic carbocycles. The summed E-state index contributed by atoms with van der Waals surface area (Å²) in [6.45, 7) is 6.44. The second kappa shape index (κ2) is 4.56. The van der Waals surface area contributed by atoms with E-state index >= 15 is 0 Å². The molecule has 0 aliphatic rings. The molecule has 16 heavy (non-hydrogen) atoms. The Morgan fingerprint density at radius 1 is 1.19 bits per heavy atom. The van der Waals surface area contributed by atoms with Crippen LogP contribution in [0.25, 0.3) is 11.3 Å². The van der Waals surface area contributed by atoms with Crippen LogP contribution in [-0.4, -0.2) is 4.98 Å². The molecular weight excluding hydrogens is 238 g/mol. The summed E-state index contributed by atoms with van der Waals surface area (Å²) in [6.07, 6.45) is 0. The molecule has 0 bridgehead atoms. The van der Waals surface area contributed by atoms with Gasteiger partial charge in [0.1, 0.15) is 0 Å². The van der Waals surface area contributed by atoms with Crippen molar-refractivity contribution in [2.24, 2.45) is 0 Å². The lowest BCUT2D eigenvalue weighted by atomic mass is 10.0. The van der Waals surface area contributed by atoms with E-state index in [1.54, 1.807) is 0 Å². The molecule has 2 aromatic rings. The number of benzene rings is 1. The summed E-state index contributed by atoms with van der Waals surface area (Å²) in [7, 11) is 0. The highest BCUT2D eigenvalue weighted by Crippen LogP contribution is 2.30. The van der Waals surface area contributed by atoms with E-state index in [1.807, 2.05) is 0 Å². The van der Waals surface area contributed by atoms with Crippen molar-refractivity contribution >= 4 is 22.9 Å². The second-order valence-electron chi connectivity index (χ2n) is 4.15. The topological polar surface area (TPSA) is 12.9 Å². The van der Waals surface area contributed by atoms with Gasteiger partial charge in [0.05, 0.1) is 5.69 Å². The second-order valence-corrected chi connectivity index (χ2v) is 5.93. The smallest absolute Gasteiger partial charge is 0.184 e. The van der Waals surface area contributed by atoms with E-state index in [4.69, 9.17) is 11.6 Å². The van der Waals surface area contributed by atoms with E-state index < -0.39 is 0 Å². The SMILES string of the molecule is Cc1sc(Cl)nc1-c1ccc(C(C)C)cc1. The number of thiazole rings is 1. The van der Waals surface area contributed by atoms with E-state index in [2.05, 4.69) is 50.0 Å². The van der Waals surface area contributed by atoms with Gasteiger partial charge >= 0.3 is 0 Å². The van der Waals surface area contributed by atoms with Crippen molar-refractivity contribution in [3.8, 4) is 11.3 Å². The fourth-order valence-corrected chi connectivity index (χ4v) is 2.74. The molecule has 0 fully saturated rings. The van der Waals surface area contributed by atoms with Gasteiger partial charge in [0.2, 0.25) is 0 Å². The third-order valence-electron chi connectivity index (χ3n) is 2.62. The van der Waals surface area contributed by atoms with Crippen LogP contribution < -0.4 is 0 Å². The van der Waals surface area contributed by atoms with E-state index in [0.29, 0.717) is 10.4 Å². The molecule has 3 heteroatoms. The maximum absolute atomic E-state index is 5.90. The number of nitrogens with zero attached hydrogens (tertiary/aromatic N) is 1. The predicted molar refractivity (Wildman–Crippen MR) is 71.4 cm³/mol. The van der Waals surface area contributed by atoms with Crippen LogP contribution in [0.3, 0.4) is 0 Å². The standard InChI is InChI=1S/C13H14ClNS/c1-8(2)10-4-6-11(7-5-10)12-9(3)16-13(14)15-12/h4-8H,1-3H3. The molecule has 84 valence electrons. The minimum Gasteiger partial charge on any atom is -0.225 e. The number of hydrogen-bond donors (Lipinski definition) is 0. The van der Waals surface area contributed by atoms with Crippen LogP contribution in [0.1, 0.15) is 30.2 Å². The van der Waals surface area contributed by atoms with E-state index in [1.165, 1.54) is 21.8 Å². The average molecular weight is 252 g/mol. The Hall–Kier alpha value is -0.860. The summed E-state index contributed by atoms with van der Waals surface area (Å²) in [4.78, 5) is 5.51. The third-order valence-corrected chi connectivity index (χ3v) is 3.70. The first-order valence-electron chi connectivity index (χ1n) is 5.31. The molecule has 0 spiro atoms. The van der Waals surface area contributed by atoms with Gasteiger partial charge in [-0.15, -0.1) is 11.3 Å². The van der Waals surface area contributed by atoms with E-state index in [0.717, 1.165) is 11.3 Å². The monoisotopic (exact) mass is 251 g/mol. The first-order valence-corrected chi connectivity index (χ1v) is 6.50. The van der Waals surface area contributed by atoms with Gasteiger partial charge in [0, 0.05) is 10.4 Å². The van der Waals surface area contributed by atoms with Crippen LogP contribution in [0, 0.1) is 6.92 Å². The molecule has 0 radical (unpaired) electrons. The quantitative estimate of drug-likeness (QED) is 0.740. The van der Waals surface area contributed by atoms with Crippen molar-refractivity contribution in [3.05, 3.63) is 39.2 Å². The van der Waals surface area contributed by atoms with Crippen molar-refractivity contribution in [2.45, 2.75) is 26.7 Å². The van der Waals surface area contributed by atoms with Gasteiger partial charge < -0.3 is 0 Å². The van der Waals surface area contributed by atoms with E-state index in [9.17, 15) is 0 Å². The first-order chi connectivity index (χ1) is 7.58. The van der Waals surface area contributed by atoms with Gasteiger partial charge in [-0.1, -0.05) is 49.7 Å². The lowest BCUT2D eigenvalue weighted by Gasteiger charge is -2.05. The third kappa shape index (κ3) is 2.28. The largest absolute Gasteiger partial charge is 0.225 e. The summed E-state index contributed by atoms with van der Waals surface area (Å²) in [6, 6.07) is 8.56. The Bertz CT molecular complexity index is 485. The van der Waals surface area contributed by atoms with Gasteiger partial charge in [0.15, 0.2) is 4.47 Å². The molecule has 1 aromatic heterocycles. The highest BCUT2D eigenvalue weighted by molar-refractivity contribution is 7.16. The molecule has 0 N–H and O–H groups in total. The minimum atomic E-state index is 0.564. The zero-order valence-electron chi connectivity index (χ0n) is 9.62.